The van der Waals surface area contributed by atoms with E-state index in [2.05, 4.69) is 15.0 Å². The minimum absolute atomic E-state index is 0.140. The molecule has 1 aromatic heterocycles. The maximum absolute atomic E-state index is 12.9. The molecule has 21 heavy (non-hydrogen) atoms. The summed E-state index contributed by atoms with van der Waals surface area (Å²) in [6.07, 6.45) is 2.24. The fourth-order valence-electron chi connectivity index (χ4n) is 1.58. The third-order valence-electron chi connectivity index (χ3n) is 2.43. The van der Waals surface area contributed by atoms with Crippen molar-refractivity contribution in [3.05, 3.63) is 54.1 Å². The van der Waals surface area contributed by atoms with E-state index in [1.54, 1.807) is 0 Å². The molecule has 0 unspecified atom stereocenters. The molecule has 6 nitrogen and oxygen atoms in total. The molecule has 0 bridgehead atoms. The van der Waals surface area contributed by atoms with Gasteiger partial charge in [0.05, 0.1) is 6.26 Å². The highest BCUT2D eigenvalue weighted by molar-refractivity contribution is 7.92. The molecule has 110 valence electrons. The van der Waals surface area contributed by atoms with Crippen molar-refractivity contribution in [3.63, 3.8) is 0 Å². The summed E-state index contributed by atoms with van der Waals surface area (Å²) >= 11 is 0. The van der Waals surface area contributed by atoms with Gasteiger partial charge < -0.3 is 5.32 Å². The minimum atomic E-state index is -3.35. The molecule has 0 spiro atoms. The monoisotopic (exact) mass is 309 g/mol. The number of hydrogen-bond donors (Lipinski definition) is 2. The molecular formula is C13H12FN3O3S. The predicted octanol–water partition coefficient (Wildman–Crippen LogP) is 1.84. The first kappa shape index (κ1) is 14.9. The third kappa shape index (κ3) is 4.53. The second-order valence-corrected chi connectivity index (χ2v) is 6.02. The highest BCUT2D eigenvalue weighted by Gasteiger charge is 2.08. The van der Waals surface area contributed by atoms with E-state index < -0.39 is 21.9 Å². The zero-order chi connectivity index (χ0) is 15.5. The first-order valence-electron chi connectivity index (χ1n) is 5.84. The SMILES string of the molecule is CS(=O)(=O)Nc1ccc(NC(=O)c2ccnc(F)c2)cc1. The maximum atomic E-state index is 12.9. The van der Waals surface area contributed by atoms with Gasteiger partial charge in [-0.1, -0.05) is 0 Å². The van der Waals surface area contributed by atoms with Crippen molar-refractivity contribution in [1.82, 2.24) is 4.98 Å². The Morgan fingerprint density at radius 1 is 1.14 bits per heavy atom. The Hall–Kier alpha value is -2.48. The topological polar surface area (TPSA) is 88.2 Å². The summed E-state index contributed by atoms with van der Waals surface area (Å²) in [6, 6.07) is 8.48. The molecule has 0 atom stereocenters. The molecule has 8 heteroatoms. The van der Waals surface area contributed by atoms with Crippen LogP contribution in [0.4, 0.5) is 15.8 Å². The molecule has 0 saturated heterocycles. The van der Waals surface area contributed by atoms with Crippen LogP contribution in [0.3, 0.4) is 0 Å². The van der Waals surface area contributed by atoms with Gasteiger partial charge in [-0.05, 0) is 30.3 Å². The molecule has 1 aromatic carbocycles. The quantitative estimate of drug-likeness (QED) is 0.844. The summed E-state index contributed by atoms with van der Waals surface area (Å²) in [5, 5.41) is 2.56. The summed E-state index contributed by atoms with van der Waals surface area (Å²) in [4.78, 5) is 15.2. The van der Waals surface area contributed by atoms with Crippen LogP contribution in [0.5, 0.6) is 0 Å². The third-order valence-corrected chi connectivity index (χ3v) is 3.04. The molecule has 1 amide bonds. The van der Waals surface area contributed by atoms with Crippen LogP contribution in [0.2, 0.25) is 0 Å². The molecule has 0 radical (unpaired) electrons. The van der Waals surface area contributed by atoms with Crippen molar-refractivity contribution in [2.24, 2.45) is 0 Å². The molecule has 0 saturated carbocycles. The number of benzene rings is 1. The lowest BCUT2D eigenvalue weighted by Crippen LogP contribution is -2.13. The molecule has 2 N–H and O–H groups in total. The van der Waals surface area contributed by atoms with Crippen LogP contribution >= 0.6 is 0 Å². The number of pyridine rings is 1. The van der Waals surface area contributed by atoms with Crippen molar-refractivity contribution in [2.75, 3.05) is 16.3 Å². The second kappa shape index (κ2) is 5.88. The number of aromatic nitrogens is 1. The van der Waals surface area contributed by atoms with Crippen LogP contribution in [0.15, 0.2) is 42.6 Å². The van der Waals surface area contributed by atoms with E-state index in [4.69, 9.17) is 0 Å². The number of carbonyl (C=O) groups is 1. The average Bonchev–Trinajstić information content (AvgIpc) is 2.39. The fourth-order valence-corrected chi connectivity index (χ4v) is 2.15. The summed E-state index contributed by atoms with van der Waals surface area (Å²) in [5.41, 5.74) is 0.975. The highest BCUT2D eigenvalue weighted by atomic mass is 32.2. The van der Waals surface area contributed by atoms with Crippen molar-refractivity contribution >= 4 is 27.3 Å². The van der Waals surface area contributed by atoms with Gasteiger partial charge in [0, 0.05) is 29.2 Å². The van der Waals surface area contributed by atoms with Gasteiger partial charge in [0.2, 0.25) is 16.0 Å². The van der Waals surface area contributed by atoms with E-state index in [1.807, 2.05) is 0 Å². The molecule has 0 aliphatic carbocycles. The first-order valence-corrected chi connectivity index (χ1v) is 7.73. The van der Waals surface area contributed by atoms with E-state index >= 15 is 0 Å². The number of sulfonamides is 1. The maximum Gasteiger partial charge on any atom is 0.255 e. The predicted molar refractivity (Wildman–Crippen MR) is 77.1 cm³/mol. The number of nitrogens with zero attached hydrogens (tertiary/aromatic N) is 1. The summed E-state index contributed by atoms with van der Waals surface area (Å²) in [6.45, 7) is 0. The van der Waals surface area contributed by atoms with E-state index in [9.17, 15) is 17.6 Å². The van der Waals surface area contributed by atoms with Gasteiger partial charge in [0.1, 0.15) is 0 Å². The number of nitrogens with one attached hydrogen (secondary N) is 2. The molecule has 2 aromatic rings. The summed E-state index contributed by atoms with van der Waals surface area (Å²) in [7, 11) is -3.35. The van der Waals surface area contributed by atoms with Crippen LogP contribution in [-0.4, -0.2) is 25.6 Å². The van der Waals surface area contributed by atoms with Crippen molar-refractivity contribution in [1.29, 1.82) is 0 Å². The Labute approximate surface area is 121 Å². The molecular weight excluding hydrogens is 297 g/mol. The zero-order valence-corrected chi connectivity index (χ0v) is 11.8. The van der Waals surface area contributed by atoms with Crippen molar-refractivity contribution < 1.29 is 17.6 Å². The van der Waals surface area contributed by atoms with E-state index in [-0.39, 0.29) is 5.56 Å². The van der Waals surface area contributed by atoms with Crippen LogP contribution < -0.4 is 10.0 Å². The van der Waals surface area contributed by atoms with E-state index in [0.717, 1.165) is 12.3 Å². The number of hydrogen-bond acceptors (Lipinski definition) is 4. The van der Waals surface area contributed by atoms with Crippen molar-refractivity contribution in [2.45, 2.75) is 0 Å². The molecule has 1 heterocycles. The fraction of sp³-hybridized carbons (Fsp3) is 0.0769. The van der Waals surface area contributed by atoms with Gasteiger partial charge in [-0.3, -0.25) is 9.52 Å². The lowest BCUT2D eigenvalue weighted by Gasteiger charge is -2.07. The lowest BCUT2D eigenvalue weighted by molar-refractivity contribution is 0.102. The van der Waals surface area contributed by atoms with Crippen molar-refractivity contribution in [3.8, 4) is 0 Å². The van der Waals surface area contributed by atoms with E-state index in [1.165, 1.54) is 36.5 Å². The van der Waals surface area contributed by atoms with Crippen LogP contribution in [0, 0.1) is 5.95 Å². The zero-order valence-electron chi connectivity index (χ0n) is 11.0. The van der Waals surface area contributed by atoms with Gasteiger partial charge in [-0.2, -0.15) is 4.39 Å². The molecule has 0 aliphatic heterocycles. The number of carbonyl (C=O) groups excluding carboxylic acids is 1. The molecule has 0 aliphatic rings. The Balaban J connectivity index is 2.08. The van der Waals surface area contributed by atoms with Gasteiger partial charge >= 0.3 is 0 Å². The highest BCUT2D eigenvalue weighted by Crippen LogP contribution is 2.15. The first-order chi connectivity index (χ1) is 9.83. The Morgan fingerprint density at radius 3 is 2.33 bits per heavy atom. The largest absolute Gasteiger partial charge is 0.322 e. The van der Waals surface area contributed by atoms with Gasteiger partial charge in [0.25, 0.3) is 5.91 Å². The van der Waals surface area contributed by atoms with E-state index in [0.29, 0.717) is 11.4 Å². The van der Waals surface area contributed by atoms with Gasteiger partial charge in [-0.15, -0.1) is 0 Å². The normalized spacial score (nSPS) is 11.0. The molecule has 0 fully saturated rings. The lowest BCUT2D eigenvalue weighted by atomic mass is 10.2. The minimum Gasteiger partial charge on any atom is -0.322 e. The van der Waals surface area contributed by atoms with Crippen LogP contribution in [0.25, 0.3) is 0 Å². The average molecular weight is 309 g/mol. The number of rotatable bonds is 4. The Kier molecular flexibility index (Phi) is 4.18. The van der Waals surface area contributed by atoms with Gasteiger partial charge in [0.15, 0.2) is 0 Å². The number of anilines is 2. The second-order valence-electron chi connectivity index (χ2n) is 4.27. The Morgan fingerprint density at radius 2 is 1.76 bits per heavy atom. The number of amides is 1. The summed E-state index contributed by atoms with van der Waals surface area (Å²) < 4.78 is 37.3. The molecule has 2 rings (SSSR count). The van der Waals surface area contributed by atoms with Gasteiger partial charge in [-0.25, -0.2) is 13.4 Å². The summed E-state index contributed by atoms with van der Waals surface area (Å²) in [5.74, 6) is -1.23. The number of halogens is 1. The van der Waals surface area contributed by atoms with Crippen LogP contribution in [0.1, 0.15) is 10.4 Å². The van der Waals surface area contributed by atoms with Crippen LogP contribution in [-0.2, 0) is 10.0 Å². The standard InChI is InChI=1S/C13H12FN3O3S/c1-21(19,20)17-11-4-2-10(3-5-11)16-13(18)9-6-7-15-12(14)8-9/h2-8,17H,1H3,(H,16,18). The Bertz CT molecular complexity index is 760. The smallest absolute Gasteiger partial charge is 0.255 e.